The molecule has 8 nitrogen and oxygen atoms in total. The summed E-state index contributed by atoms with van der Waals surface area (Å²) < 4.78 is 10.3. The average Bonchev–Trinajstić information content (AvgIpc) is 3.60. The van der Waals surface area contributed by atoms with Gasteiger partial charge in [-0.25, -0.2) is 0 Å². The number of primary amides is 1. The van der Waals surface area contributed by atoms with E-state index in [-0.39, 0.29) is 17.1 Å². The highest BCUT2D eigenvalue weighted by atomic mass is 16.5. The van der Waals surface area contributed by atoms with Crippen molar-refractivity contribution in [3.63, 3.8) is 0 Å². The molecule has 0 aromatic carbocycles. The standard InChI is InChI=1S/C19H35N5O2.C3H8.C2H6O.5C2H6/c1-12(2)15(16(20)25)23-17-19(8,24-17)9-10-26-18(6,7)11-21-14(5)22-13(3)4;2*1-3-2;5*1-2/h12,15H,3,9-11H2,1-2,4-8H3,(H2,20,25)(H,21,22)(H,23,24);3H2,1-2H3;1-2H3;5*1-2H3. The van der Waals surface area contributed by atoms with Crippen molar-refractivity contribution in [2.45, 2.75) is 162 Å². The van der Waals surface area contributed by atoms with Gasteiger partial charge in [-0.3, -0.25) is 14.8 Å². The van der Waals surface area contributed by atoms with Crippen LogP contribution in [0.4, 0.5) is 0 Å². The van der Waals surface area contributed by atoms with Crippen molar-refractivity contribution in [1.29, 1.82) is 0 Å². The SMILES string of the molecule is C=C(C)NC(C)=NCC(C)(C)OCCC1(C)NC1=NC(C(N)=O)C(C)C.CC.CC.CC.CC.CC.CCC.COC. The van der Waals surface area contributed by atoms with Gasteiger partial charge in [0.05, 0.1) is 30.1 Å². The first-order valence-electron chi connectivity index (χ1n) is 16.3. The van der Waals surface area contributed by atoms with Gasteiger partial charge in [0.25, 0.3) is 0 Å². The molecule has 8 heteroatoms. The van der Waals surface area contributed by atoms with E-state index in [1.54, 1.807) is 14.2 Å². The van der Waals surface area contributed by atoms with Crippen molar-refractivity contribution in [3.8, 4) is 0 Å². The van der Waals surface area contributed by atoms with Crippen LogP contribution < -0.4 is 16.4 Å². The van der Waals surface area contributed by atoms with Crippen molar-refractivity contribution < 1.29 is 14.3 Å². The van der Waals surface area contributed by atoms with Crippen LogP contribution in [0.1, 0.15) is 144 Å². The summed E-state index contributed by atoms with van der Waals surface area (Å²) in [6.07, 6.45) is 2.02. The maximum absolute atomic E-state index is 11.5. The monoisotopic (exact) mass is 606 g/mol. The number of carbonyl (C=O) groups is 1. The quantitative estimate of drug-likeness (QED) is 0.131. The molecule has 1 aliphatic rings. The lowest BCUT2D eigenvalue weighted by Gasteiger charge is -2.24. The molecule has 1 amide bonds. The number of methoxy groups -OCH3 is 1. The second kappa shape index (κ2) is 39.1. The molecule has 0 bridgehead atoms. The molecule has 258 valence electrons. The molecule has 0 radical (unpaired) electrons. The smallest absolute Gasteiger partial charge is 0.242 e. The number of hydrogen-bond acceptors (Lipinski definition) is 5. The van der Waals surface area contributed by atoms with Gasteiger partial charge in [0.2, 0.25) is 5.91 Å². The van der Waals surface area contributed by atoms with Gasteiger partial charge >= 0.3 is 0 Å². The number of nitrogens with one attached hydrogen (secondary N) is 2. The van der Waals surface area contributed by atoms with Gasteiger partial charge in [0, 0.05) is 26.3 Å². The minimum atomic E-state index is -0.491. The second-order valence-corrected chi connectivity index (χ2v) is 9.31. The number of amides is 1. The zero-order valence-electron chi connectivity index (χ0n) is 32.4. The molecule has 0 aromatic heterocycles. The maximum Gasteiger partial charge on any atom is 0.242 e. The zero-order chi connectivity index (χ0) is 35.5. The van der Waals surface area contributed by atoms with Crippen LogP contribution in [0, 0.1) is 5.92 Å². The van der Waals surface area contributed by atoms with Crippen LogP contribution in [-0.2, 0) is 14.3 Å². The molecule has 0 aromatic rings. The van der Waals surface area contributed by atoms with Crippen LogP contribution in [0.2, 0.25) is 0 Å². The maximum atomic E-state index is 11.5. The Morgan fingerprint density at radius 2 is 1.38 bits per heavy atom. The first-order valence-corrected chi connectivity index (χ1v) is 16.3. The largest absolute Gasteiger partial charge is 0.388 e. The second-order valence-electron chi connectivity index (χ2n) is 9.31. The fourth-order valence-electron chi connectivity index (χ4n) is 2.50. The summed E-state index contributed by atoms with van der Waals surface area (Å²) in [7, 11) is 3.25. The Morgan fingerprint density at radius 3 is 1.69 bits per heavy atom. The molecule has 0 aliphatic carbocycles. The van der Waals surface area contributed by atoms with Gasteiger partial charge in [0.1, 0.15) is 11.9 Å². The summed E-state index contributed by atoms with van der Waals surface area (Å²) in [6.45, 7) is 43.0. The molecule has 1 fully saturated rings. The molecule has 1 rings (SSSR count). The van der Waals surface area contributed by atoms with E-state index in [1.165, 1.54) is 6.42 Å². The Labute approximate surface area is 265 Å². The number of allylic oxidation sites excluding steroid dienone is 1. The summed E-state index contributed by atoms with van der Waals surface area (Å²) in [5.74, 6) is 1.34. The van der Waals surface area contributed by atoms with Crippen LogP contribution in [0.25, 0.3) is 0 Å². The van der Waals surface area contributed by atoms with Gasteiger partial charge in [-0.1, -0.05) is 110 Å². The van der Waals surface area contributed by atoms with Gasteiger partial charge in [-0.2, -0.15) is 0 Å². The number of nitrogens with zero attached hydrogens (tertiary/aromatic N) is 2. The van der Waals surface area contributed by atoms with E-state index in [1.807, 2.05) is 111 Å². The number of ether oxygens (including phenoxy) is 2. The Morgan fingerprint density at radius 1 is 1.00 bits per heavy atom. The lowest BCUT2D eigenvalue weighted by molar-refractivity contribution is -0.120. The van der Waals surface area contributed by atoms with Crippen molar-refractivity contribution in [3.05, 3.63) is 12.3 Å². The molecule has 1 heterocycles. The highest BCUT2D eigenvalue weighted by molar-refractivity contribution is 6.07. The van der Waals surface area contributed by atoms with E-state index in [2.05, 4.69) is 52.7 Å². The molecule has 1 aliphatic heterocycles. The van der Waals surface area contributed by atoms with E-state index in [4.69, 9.17) is 10.5 Å². The van der Waals surface area contributed by atoms with Crippen molar-refractivity contribution in [1.82, 2.24) is 10.6 Å². The van der Waals surface area contributed by atoms with E-state index in [0.717, 1.165) is 23.8 Å². The van der Waals surface area contributed by atoms with Crippen molar-refractivity contribution in [2.24, 2.45) is 21.6 Å². The highest BCUT2D eigenvalue weighted by Gasteiger charge is 2.46. The number of hydrogen-bond donors (Lipinski definition) is 3. The van der Waals surface area contributed by atoms with Crippen molar-refractivity contribution >= 4 is 17.6 Å². The fraction of sp³-hybridized carbons (Fsp3) is 0.853. The van der Waals surface area contributed by atoms with E-state index < -0.39 is 11.9 Å². The van der Waals surface area contributed by atoms with Crippen LogP contribution in [0.3, 0.4) is 0 Å². The number of carbonyl (C=O) groups excluding carboxylic acids is 1. The third-order valence-corrected chi connectivity index (χ3v) is 4.23. The van der Waals surface area contributed by atoms with Crippen LogP contribution in [0.15, 0.2) is 22.3 Å². The number of aliphatic imine (C=N–C) groups is 2. The zero-order valence-corrected chi connectivity index (χ0v) is 32.4. The number of amidine groups is 2. The summed E-state index contributed by atoms with van der Waals surface area (Å²) in [5.41, 5.74) is 5.70. The lowest BCUT2D eigenvalue weighted by atomic mass is 10.0. The van der Waals surface area contributed by atoms with Gasteiger partial charge < -0.3 is 25.8 Å². The van der Waals surface area contributed by atoms with Crippen molar-refractivity contribution in [2.75, 3.05) is 27.4 Å². The molecule has 2 unspecified atom stereocenters. The van der Waals surface area contributed by atoms with E-state index in [9.17, 15) is 4.79 Å². The predicted octanol–water partition coefficient (Wildman–Crippen LogP) is 8.79. The van der Waals surface area contributed by atoms with Crippen LogP contribution in [-0.4, -0.2) is 62.1 Å². The first-order chi connectivity index (χ1) is 19.7. The van der Waals surface area contributed by atoms with Gasteiger partial charge in [0.15, 0.2) is 0 Å². The molecule has 0 spiro atoms. The number of nitrogens with two attached hydrogens (primary N) is 1. The minimum Gasteiger partial charge on any atom is -0.388 e. The summed E-state index contributed by atoms with van der Waals surface area (Å²) in [6, 6.07) is -0.491. The Hall–Kier alpha value is -1.93. The highest BCUT2D eigenvalue weighted by Crippen LogP contribution is 2.27. The fourth-order valence-corrected chi connectivity index (χ4v) is 2.50. The molecule has 42 heavy (non-hydrogen) atoms. The minimum absolute atomic E-state index is 0.0794. The molecule has 0 saturated carbocycles. The topological polar surface area (TPSA) is 120 Å². The predicted molar refractivity (Wildman–Crippen MR) is 193 cm³/mol. The third-order valence-electron chi connectivity index (χ3n) is 4.23. The molecular weight excluding hydrogens is 526 g/mol. The Balaban J connectivity index is -0.000000130. The normalized spacial score (nSPS) is 15.8. The van der Waals surface area contributed by atoms with E-state index >= 15 is 0 Å². The molecular formula is C34H79N5O3. The first kappa shape index (κ1) is 55.9. The Kier molecular flexibility index (Phi) is 52.0. The van der Waals surface area contributed by atoms with Crippen LogP contribution in [0.5, 0.6) is 0 Å². The summed E-state index contributed by atoms with van der Waals surface area (Å²) in [5, 5.41) is 6.34. The average molecular weight is 606 g/mol. The Bertz CT molecular complexity index is 631. The molecule has 2 atom stereocenters. The van der Waals surface area contributed by atoms with E-state index in [0.29, 0.717) is 13.2 Å². The molecule has 1 saturated heterocycles. The number of rotatable bonds is 10. The third kappa shape index (κ3) is 38.1. The summed E-state index contributed by atoms with van der Waals surface area (Å²) >= 11 is 0. The van der Waals surface area contributed by atoms with Crippen LogP contribution >= 0.6 is 0 Å². The van der Waals surface area contributed by atoms with Gasteiger partial charge in [-0.05, 0) is 40.5 Å². The summed E-state index contributed by atoms with van der Waals surface area (Å²) in [4.78, 5) is 20.5. The van der Waals surface area contributed by atoms with Gasteiger partial charge in [-0.15, -0.1) is 0 Å². The lowest BCUT2D eigenvalue weighted by Crippen LogP contribution is -2.32. The molecule has 4 N–H and O–H groups in total.